The maximum atomic E-state index is 12.8. The zero-order valence-electron chi connectivity index (χ0n) is 13.3. The molecule has 1 unspecified atom stereocenters. The molecule has 2 aromatic heterocycles. The summed E-state index contributed by atoms with van der Waals surface area (Å²) in [5.41, 5.74) is 1.63. The molecule has 1 aromatic carbocycles. The van der Waals surface area contributed by atoms with Gasteiger partial charge < -0.3 is 14.6 Å². The number of amides is 1. The van der Waals surface area contributed by atoms with E-state index in [0.717, 1.165) is 36.0 Å². The van der Waals surface area contributed by atoms with Crippen LogP contribution < -0.4 is 4.74 Å². The highest BCUT2D eigenvalue weighted by Gasteiger charge is 2.26. The molecular weight excluding hydrogens is 302 g/mol. The summed E-state index contributed by atoms with van der Waals surface area (Å²) in [4.78, 5) is 21.9. The average molecular weight is 321 g/mol. The number of carbonyl (C=O) groups excluding carboxylic acids is 1. The van der Waals surface area contributed by atoms with Crippen LogP contribution in [0.1, 0.15) is 23.3 Å². The van der Waals surface area contributed by atoms with E-state index in [4.69, 9.17) is 4.74 Å². The van der Waals surface area contributed by atoms with Crippen molar-refractivity contribution in [2.45, 2.75) is 18.9 Å². The summed E-state index contributed by atoms with van der Waals surface area (Å²) in [6, 6.07) is 13.5. The van der Waals surface area contributed by atoms with Crippen molar-refractivity contribution in [3.63, 3.8) is 0 Å². The fraction of sp³-hybridized carbons (Fsp3) is 0.263. The van der Waals surface area contributed by atoms with E-state index in [0.29, 0.717) is 12.2 Å². The highest BCUT2D eigenvalue weighted by molar-refractivity contribution is 5.98. The first kappa shape index (κ1) is 14.8. The van der Waals surface area contributed by atoms with Crippen LogP contribution in [-0.2, 0) is 0 Å². The van der Waals surface area contributed by atoms with E-state index in [1.54, 1.807) is 12.4 Å². The summed E-state index contributed by atoms with van der Waals surface area (Å²) >= 11 is 0. The van der Waals surface area contributed by atoms with E-state index in [1.807, 2.05) is 47.4 Å². The third-order valence-corrected chi connectivity index (χ3v) is 4.38. The van der Waals surface area contributed by atoms with Crippen LogP contribution in [0.15, 0.2) is 54.9 Å². The molecule has 24 heavy (non-hydrogen) atoms. The minimum Gasteiger partial charge on any atom is -0.488 e. The molecule has 1 N–H and O–H groups in total. The average Bonchev–Trinajstić information content (AvgIpc) is 3.06. The summed E-state index contributed by atoms with van der Waals surface area (Å²) in [5, 5.41) is 1.06. The molecule has 0 aliphatic carbocycles. The van der Waals surface area contributed by atoms with Gasteiger partial charge in [0.25, 0.3) is 5.91 Å². The number of piperidine rings is 1. The molecule has 122 valence electrons. The number of carbonyl (C=O) groups is 1. The number of nitrogens with zero attached hydrogens (tertiary/aromatic N) is 2. The van der Waals surface area contributed by atoms with Crippen LogP contribution >= 0.6 is 0 Å². The van der Waals surface area contributed by atoms with E-state index < -0.39 is 0 Å². The molecule has 5 heteroatoms. The lowest BCUT2D eigenvalue weighted by atomic mass is 10.1. The van der Waals surface area contributed by atoms with Crippen molar-refractivity contribution < 1.29 is 9.53 Å². The molecule has 1 atom stereocenters. The van der Waals surface area contributed by atoms with Crippen LogP contribution in [0.3, 0.4) is 0 Å². The number of para-hydroxylation sites is 1. The number of nitrogens with one attached hydrogen (secondary N) is 1. The Hall–Kier alpha value is -2.82. The predicted octanol–water partition coefficient (Wildman–Crippen LogP) is 3.25. The highest BCUT2D eigenvalue weighted by atomic mass is 16.5. The second kappa shape index (κ2) is 6.35. The maximum Gasteiger partial charge on any atom is 0.270 e. The zero-order valence-corrected chi connectivity index (χ0v) is 13.3. The quantitative estimate of drug-likeness (QED) is 0.805. The first-order chi connectivity index (χ1) is 11.8. The lowest BCUT2D eigenvalue weighted by Crippen LogP contribution is -2.44. The van der Waals surface area contributed by atoms with Crippen molar-refractivity contribution >= 4 is 16.8 Å². The molecular formula is C19H19N3O2. The van der Waals surface area contributed by atoms with E-state index in [9.17, 15) is 4.79 Å². The smallest absolute Gasteiger partial charge is 0.270 e. The van der Waals surface area contributed by atoms with Crippen molar-refractivity contribution in [2.75, 3.05) is 13.1 Å². The predicted molar refractivity (Wildman–Crippen MR) is 92.1 cm³/mol. The molecule has 5 nitrogen and oxygen atoms in total. The Morgan fingerprint density at radius 1 is 1.21 bits per heavy atom. The molecule has 1 fully saturated rings. The number of benzene rings is 1. The Morgan fingerprint density at radius 2 is 2.04 bits per heavy atom. The van der Waals surface area contributed by atoms with Crippen LogP contribution in [0.5, 0.6) is 5.75 Å². The van der Waals surface area contributed by atoms with Crippen molar-refractivity contribution in [1.29, 1.82) is 0 Å². The number of aromatic nitrogens is 2. The van der Waals surface area contributed by atoms with Gasteiger partial charge in [0.15, 0.2) is 0 Å². The standard InChI is InChI=1S/C19H19N3O2/c23-19(18-12-14-4-1-2-6-17(14)21-18)22-11-3-5-16(13-22)24-15-7-9-20-10-8-15/h1-2,4,6-10,12,16,21H,3,5,11,13H2. The van der Waals surface area contributed by atoms with Gasteiger partial charge in [-0.15, -0.1) is 0 Å². The van der Waals surface area contributed by atoms with Gasteiger partial charge in [0.1, 0.15) is 17.5 Å². The van der Waals surface area contributed by atoms with E-state index in [1.165, 1.54) is 0 Å². The molecule has 0 radical (unpaired) electrons. The summed E-state index contributed by atoms with van der Waals surface area (Å²) < 4.78 is 5.99. The van der Waals surface area contributed by atoms with Gasteiger partial charge in [-0.1, -0.05) is 18.2 Å². The number of hydrogen-bond donors (Lipinski definition) is 1. The Balaban J connectivity index is 1.48. The van der Waals surface area contributed by atoms with Gasteiger partial charge in [-0.3, -0.25) is 9.78 Å². The Kier molecular flexibility index (Phi) is 3.91. The number of ether oxygens (including phenoxy) is 1. The van der Waals surface area contributed by atoms with Gasteiger partial charge in [0.05, 0.1) is 6.54 Å². The summed E-state index contributed by atoms with van der Waals surface area (Å²) in [5.74, 6) is 0.837. The van der Waals surface area contributed by atoms with Crippen molar-refractivity contribution in [3.05, 3.63) is 60.6 Å². The molecule has 0 bridgehead atoms. The van der Waals surface area contributed by atoms with Crippen LogP contribution in [0.2, 0.25) is 0 Å². The molecule has 1 aliphatic heterocycles. The summed E-state index contributed by atoms with van der Waals surface area (Å²) in [7, 11) is 0. The van der Waals surface area contributed by atoms with Crippen LogP contribution in [0.4, 0.5) is 0 Å². The van der Waals surface area contributed by atoms with Crippen molar-refractivity contribution in [2.24, 2.45) is 0 Å². The number of pyridine rings is 1. The fourth-order valence-corrected chi connectivity index (χ4v) is 3.19. The van der Waals surface area contributed by atoms with Crippen molar-refractivity contribution in [3.8, 4) is 5.75 Å². The Labute approximate surface area is 140 Å². The second-order valence-electron chi connectivity index (χ2n) is 6.09. The van der Waals surface area contributed by atoms with Gasteiger partial charge >= 0.3 is 0 Å². The molecule has 0 spiro atoms. The minimum atomic E-state index is 0.0227. The number of H-pyrrole nitrogens is 1. The summed E-state index contributed by atoms with van der Waals surface area (Å²) in [6.07, 6.45) is 5.35. The SMILES string of the molecule is O=C(c1cc2ccccc2[nH]1)N1CCCC(Oc2ccncc2)C1. The second-order valence-corrected chi connectivity index (χ2v) is 6.09. The first-order valence-corrected chi connectivity index (χ1v) is 8.23. The Morgan fingerprint density at radius 3 is 2.88 bits per heavy atom. The molecule has 0 saturated carbocycles. The van der Waals surface area contributed by atoms with E-state index >= 15 is 0 Å². The minimum absolute atomic E-state index is 0.0227. The van der Waals surface area contributed by atoms with E-state index in [-0.39, 0.29) is 12.0 Å². The van der Waals surface area contributed by atoms with Crippen molar-refractivity contribution in [1.82, 2.24) is 14.9 Å². The van der Waals surface area contributed by atoms with E-state index in [2.05, 4.69) is 9.97 Å². The molecule has 3 aromatic rings. The van der Waals surface area contributed by atoms with Gasteiger partial charge in [0.2, 0.25) is 0 Å². The highest BCUT2D eigenvalue weighted by Crippen LogP contribution is 2.21. The Bertz CT molecular complexity index is 811. The fourth-order valence-electron chi connectivity index (χ4n) is 3.19. The van der Waals surface area contributed by atoms with Gasteiger partial charge in [0, 0.05) is 29.8 Å². The van der Waals surface area contributed by atoms with Crippen LogP contribution in [0, 0.1) is 0 Å². The third kappa shape index (κ3) is 2.97. The summed E-state index contributed by atoms with van der Waals surface area (Å²) in [6.45, 7) is 1.38. The maximum absolute atomic E-state index is 12.8. The topological polar surface area (TPSA) is 58.2 Å². The molecule has 1 amide bonds. The number of aromatic amines is 1. The molecule has 3 heterocycles. The number of likely N-dealkylation sites (tertiary alicyclic amines) is 1. The first-order valence-electron chi connectivity index (χ1n) is 8.23. The number of rotatable bonds is 3. The van der Waals surface area contributed by atoms with Gasteiger partial charge in [-0.05, 0) is 37.1 Å². The number of fused-ring (bicyclic) bond motifs is 1. The van der Waals surface area contributed by atoms with Crippen LogP contribution in [0.25, 0.3) is 10.9 Å². The zero-order chi connectivity index (χ0) is 16.4. The lowest BCUT2D eigenvalue weighted by Gasteiger charge is -2.32. The monoisotopic (exact) mass is 321 g/mol. The molecule has 1 aliphatic rings. The van der Waals surface area contributed by atoms with Gasteiger partial charge in [-0.25, -0.2) is 0 Å². The van der Waals surface area contributed by atoms with Crippen LogP contribution in [-0.4, -0.2) is 40.0 Å². The third-order valence-electron chi connectivity index (χ3n) is 4.38. The normalized spacial score (nSPS) is 17.8. The lowest BCUT2D eigenvalue weighted by molar-refractivity contribution is 0.0533. The molecule has 1 saturated heterocycles. The van der Waals surface area contributed by atoms with Gasteiger partial charge in [-0.2, -0.15) is 0 Å². The largest absolute Gasteiger partial charge is 0.488 e. The number of hydrogen-bond acceptors (Lipinski definition) is 3. The molecule has 4 rings (SSSR count).